The number of halogens is 1. The lowest BCUT2D eigenvalue weighted by Gasteiger charge is -2.04. The summed E-state index contributed by atoms with van der Waals surface area (Å²) >= 11 is 3.52. The third-order valence-corrected chi connectivity index (χ3v) is 4.11. The molecule has 1 fully saturated rings. The zero-order chi connectivity index (χ0) is 12.4. The Balaban J connectivity index is 1.62. The van der Waals surface area contributed by atoms with Gasteiger partial charge in [-0.25, -0.2) is 0 Å². The fourth-order valence-electron chi connectivity index (χ4n) is 2.35. The third kappa shape index (κ3) is 3.02. The summed E-state index contributed by atoms with van der Waals surface area (Å²) in [5.41, 5.74) is 4.37. The number of hydrogen-bond acceptors (Lipinski definition) is 0. The topological polar surface area (TPSA) is 0 Å². The molecule has 0 saturated heterocycles. The van der Waals surface area contributed by atoms with Gasteiger partial charge in [0.25, 0.3) is 0 Å². The summed E-state index contributed by atoms with van der Waals surface area (Å²) in [5.74, 6) is 0.865. The molecule has 1 saturated carbocycles. The highest BCUT2D eigenvalue weighted by atomic mass is 79.9. The standard InChI is InChI=1S/C17H17Br/c18-17-3-1-2-14(12-17)5-4-13-6-8-15(9-7-13)16-10-11-16/h1-3,6-9,12,16H,4-5,10-11H2. The molecule has 0 bridgehead atoms. The lowest BCUT2D eigenvalue weighted by atomic mass is 10.0. The Labute approximate surface area is 117 Å². The summed E-state index contributed by atoms with van der Waals surface area (Å²) in [6.07, 6.45) is 5.01. The van der Waals surface area contributed by atoms with Crippen LogP contribution in [0.5, 0.6) is 0 Å². The second-order valence-corrected chi connectivity index (χ2v) is 6.06. The zero-order valence-electron chi connectivity index (χ0n) is 10.4. The van der Waals surface area contributed by atoms with Crippen LogP contribution in [0.25, 0.3) is 0 Å². The van der Waals surface area contributed by atoms with E-state index in [1.807, 2.05) is 0 Å². The van der Waals surface area contributed by atoms with Crippen LogP contribution >= 0.6 is 15.9 Å². The average Bonchev–Trinajstić information content (AvgIpc) is 3.21. The molecule has 0 unspecified atom stereocenters. The summed E-state index contributed by atoms with van der Waals surface area (Å²) in [7, 11) is 0. The van der Waals surface area contributed by atoms with Crippen molar-refractivity contribution in [2.24, 2.45) is 0 Å². The molecule has 0 aliphatic heterocycles. The molecule has 0 radical (unpaired) electrons. The summed E-state index contributed by atoms with van der Waals surface area (Å²) < 4.78 is 1.17. The van der Waals surface area contributed by atoms with Crippen molar-refractivity contribution in [1.82, 2.24) is 0 Å². The molecular weight excluding hydrogens is 284 g/mol. The minimum atomic E-state index is 0.865. The van der Waals surface area contributed by atoms with Gasteiger partial charge in [0, 0.05) is 4.47 Å². The van der Waals surface area contributed by atoms with Gasteiger partial charge in [-0.15, -0.1) is 0 Å². The van der Waals surface area contributed by atoms with Gasteiger partial charge in [0.15, 0.2) is 0 Å². The highest BCUT2D eigenvalue weighted by molar-refractivity contribution is 9.10. The Morgan fingerprint density at radius 3 is 2.28 bits per heavy atom. The van der Waals surface area contributed by atoms with Crippen LogP contribution in [0, 0.1) is 0 Å². The van der Waals surface area contributed by atoms with Crippen LogP contribution in [-0.4, -0.2) is 0 Å². The van der Waals surface area contributed by atoms with E-state index in [2.05, 4.69) is 64.5 Å². The largest absolute Gasteiger partial charge is 0.0609 e. The highest BCUT2D eigenvalue weighted by Gasteiger charge is 2.22. The van der Waals surface area contributed by atoms with E-state index in [0.717, 1.165) is 18.8 Å². The van der Waals surface area contributed by atoms with Gasteiger partial charge >= 0.3 is 0 Å². The maximum Gasteiger partial charge on any atom is 0.0177 e. The normalized spacial score (nSPS) is 14.7. The predicted molar refractivity (Wildman–Crippen MR) is 80.0 cm³/mol. The first kappa shape index (κ1) is 12.0. The minimum Gasteiger partial charge on any atom is -0.0609 e. The Hall–Kier alpha value is -1.08. The monoisotopic (exact) mass is 300 g/mol. The smallest absolute Gasteiger partial charge is 0.0177 e. The van der Waals surface area contributed by atoms with E-state index in [-0.39, 0.29) is 0 Å². The Morgan fingerprint density at radius 1 is 0.889 bits per heavy atom. The average molecular weight is 301 g/mol. The van der Waals surface area contributed by atoms with Crippen molar-refractivity contribution in [3.05, 3.63) is 69.7 Å². The van der Waals surface area contributed by atoms with Gasteiger partial charge in [-0.05, 0) is 60.4 Å². The summed E-state index contributed by atoms with van der Waals surface area (Å²) in [4.78, 5) is 0. The van der Waals surface area contributed by atoms with E-state index >= 15 is 0 Å². The molecule has 18 heavy (non-hydrogen) atoms. The predicted octanol–water partition coefficient (Wildman–Crippen LogP) is 5.11. The van der Waals surface area contributed by atoms with Crippen LogP contribution in [0.15, 0.2) is 53.0 Å². The van der Waals surface area contributed by atoms with Gasteiger partial charge in [-0.1, -0.05) is 52.3 Å². The lowest BCUT2D eigenvalue weighted by Crippen LogP contribution is -1.91. The molecule has 92 valence electrons. The van der Waals surface area contributed by atoms with E-state index < -0.39 is 0 Å². The van der Waals surface area contributed by atoms with Crippen LogP contribution in [0.4, 0.5) is 0 Å². The van der Waals surface area contributed by atoms with Crippen molar-refractivity contribution in [2.45, 2.75) is 31.6 Å². The molecule has 0 aromatic heterocycles. The van der Waals surface area contributed by atoms with Crippen LogP contribution in [0.1, 0.15) is 35.4 Å². The highest BCUT2D eigenvalue weighted by Crippen LogP contribution is 2.39. The van der Waals surface area contributed by atoms with Gasteiger partial charge < -0.3 is 0 Å². The van der Waals surface area contributed by atoms with Crippen molar-refractivity contribution >= 4 is 15.9 Å². The van der Waals surface area contributed by atoms with E-state index in [4.69, 9.17) is 0 Å². The Morgan fingerprint density at radius 2 is 1.61 bits per heavy atom. The number of hydrogen-bond donors (Lipinski definition) is 0. The zero-order valence-corrected chi connectivity index (χ0v) is 12.0. The first-order valence-corrected chi connectivity index (χ1v) is 7.44. The van der Waals surface area contributed by atoms with Crippen LogP contribution in [0.2, 0.25) is 0 Å². The molecule has 1 aliphatic rings. The molecule has 1 aliphatic carbocycles. The van der Waals surface area contributed by atoms with Gasteiger partial charge in [0.1, 0.15) is 0 Å². The molecule has 0 heterocycles. The van der Waals surface area contributed by atoms with Crippen molar-refractivity contribution in [3.63, 3.8) is 0 Å². The Bertz CT molecular complexity index is 524. The molecule has 0 atom stereocenters. The van der Waals surface area contributed by atoms with Crippen molar-refractivity contribution < 1.29 is 0 Å². The van der Waals surface area contributed by atoms with Gasteiger partial charge in [-0.3, -0.25) is 0 Å². The fraction of sp³-hybridized carbons (Fsp3) is 0.294. The lowest BCUT2D eigenvalue weighted by molar-refractivity contribution is 0.955. The molecule has 2 aromatic carbocycles. The third-order valence-electron chi connectivity index (χ3n) is 3.62. The molecule has 0 N–H and O–H groups in total. The van der Waals surface area contributed by atoms with Crippen molar-refractivity contribution in [3.8, 4) is 0 Å². The molecule has 0 spiro atoms. The van der Waals surface area contributed by atoms with Crippen LogP contribution < -0.4 is 0 Å². The molecular formula is C17H17Br. The van der Waals surface area contributed by atoms with Crippen LogP contribution in [0.3, 0.4) is 0 Å². The molecule has 2 aromatic rings. The van der Waals surface area contributed by atoms with Crippen LogP contribution in [-0.2, 0) is 12.8 Å². The van der Waals surface area contributed by atoms with Crippen molar-refractivity contribution in [1.29, 1.82) is 0 Å². The maximum atomic E-state index is 3.52. The molecule has 0 amide bonds. The van der Waals surface area contributed by atoms with Gasteiger partial charge in [0.2, 0.25) is 0 Å². The summed E-state index contributed by atoms with van der Waals surface area (Å²) in [6, 6.07) is 17.8. The van der Waals surface area contributed by atoms with Gasteiger partial charge in [-0.2, -0.15) is 0 Å². The summed E-state index contributed by atoms with van der Waals surface area (Å²) in [5, 5.41) is 0. The second-order valence-electron chi connectivity index (χ2n) is 5.15. The van der Waals surface area contributed by atoms with E-state index in [0.29, 0.717) is 0 Å². The Kier molecular flexibility index (Phi) is 3.51. The van der Waals surface area contributed by atoms with E-state index in [9.17, 15) is 0 Å². The maximum absolute atomic E-state index is 3.52. The summed E-state index contributed by atoms with van der Waals surface area (Å²) in [6.45, 7) is 0. The molecule has 0 nitrogen and oxygen atoms in total. The number of rotatable bonds is 4. The van der Waals surface area contributed by atoms with Gasteiger partial charge in [0.05, 0.1) is 0 Å². The van der Waals surface area contributed by atoms with E-state index in [1.165, 1.54) is 34.0 Å². The molecule has 1 heteroatoms. The van der Waals surface area contributed by atoms with Crippen molar-refractivity contribution in [2.75, 3.05) is 0 Å². The first-order valence-electron chi connectivity index (χ1n) is 6.64. The minimum absolute atomic E-state index is 0.865. The van der Waals surface area contributed by atoms with E-state index in [1.54, 1.807) is 0 Å². The first-order chi connectivity index (χ1) is 8.81. The quantitative estimate of drug-likeness (QED) is 0.736. The second kappa shape index (κ2) is 5.27. The number of benzene rings is 2. The SMILES string of the molecule is Brc1cccc(CCc2ccc(C3CC3)cc2)c1. The fourth-order valence-corrected chi connectivity index (χ4v) is 2.80. The number of aryl methyl sites for hydroxylation is 2. The molecule has 3 rings (SSSR count).